The molecule has 0 atom stereocenters. The first kappa shape index (κ1) is 18.0. The summed E-state index contributed by atoms with van der Waals surface area (Å²) in [5, 5.41) is 17.2. The molecule has 1 saturated carbocycles. The Bertz CT molecular complexity index is 529. The van der Waals surface area contributed by atoms with Crippen molar-refractivity contribution in [2.24, 2.45) is 5.92 Å². The van der Waals surface area contributed by atoms with Gasteiger partial charge in [-0.3, -0.25) is 9.48 Å². The van der Waals surface area contributed by atoms with Crippen LogP contribution in [0.3, 0.4) is 0 Å². The van der Waals surface area contributed by atoms with Crippen molar-refractivity contribution in [3.05, 3.63) is 17.0 Å². The number of rotatable bonds is 6. The van der Waals surface area contributed by atoms with Gasteiger partial charge in [-0.1, -0.05) is 13.8 Å². The Morgan fingerprint density at radius 1 is 1.30 bits per heavy atom. The number of hydrogen-bond donors (Lipinski definition) is 2. The Morgan fingerprint density at radius 2 is 1.96 bits per heavy atom. The molecule has 0 aromatic carbocycles. The molecule has 1 aromatic rings. The van der Waals surface area contributed by atoms with Gasteiger partial charge in [0.25, 0.3) is 0 Å². The lowest BCUT2D eigenvalue weighted by Crippen LogP contribution is -2.38. The van der Waals surface area contributed by atoms with Gasteiger partial charge in [-0.2, -0.15) is 5.10 Å². The molecule has 5 heteroatoms. The smallest absolute Gasteiger partial charge is 0.220 e. The third-order valence-corrected chi connectivity index (χ3v) is 4.73. The Kier molecular flexibility index (Phi) is 6.22. The third-order valence-electron chi connectivity index (χ3n) is 4.73. The van der Waals surface area contributed by atoms with Gasteiger partial charge in [-0.25, -0.2) is 0 Å². The number of aliphatic hydroxyl groups excluding tert-OH is 1. The number of aryl methyl sites for hydroxylation is 1. The highest BCUT2D eigenvalue weighted by atomic mass is 16.3. The predicted octanol–water partition coefficient (Wildman–Crippen LogP) is 2.51. The highest BCUT2D eigenvalue weighted by Gasteiger charge is 2.21. The predicted molar refractivity (Wildman–Crippen MR) is 91.3 cm³/mol. The van der Waals surface area contributed by atoms with Crippen LogP contribution in [-0.4, -0.2) is 32.9 Å². The van der Waals surface area contributed by atoms with Crippen LogP contribution in [0.2, 0.25) is 0 Å². The number of amides is 1. The van der Waals surface area contributed by atoms with E-state index in [-0.39, 0.29) is 18.1 Å². The Labute approximate surface area is 139 Å². The molecule has 1 heterocycles. The molecule has 2 rings (SSSR count). The van der Waals surface area contributed by atoms with Gasteiger partial charge in [-0.15, -0.1) is 0 Å². The molecule has 130 valence electrons. The molecule has 1 amide bonds. The molecular formula is C18H31N3O2. The van der Waals surface area contributed by atoms with Crippen molar-refractivity contribution < 1.29 is 9.90 Å². The Morgan fingerprint density at radius 3 is 2.57 bits per heavy atom. The van der Waals surface area contributed by atoms with Gasteiger partial charge in [0.15, 0.2) is 0 Å². The summed E-state index contributed by atoms with van der Waals surface area (Å²) in [5.74, 6) is 0.674. The molecule has 0 radical (unpaired) electrons. The van der Waals surface area contributed by atoms with E-state index < -0.39 is 0 Å². The van der Waals surface area contributed by atoms with E-state index in [1.54, 1.807) is 0 Å². The zero-order chi connectivity index (χ0) is 17.0. The Hall–Kier alpha value is -1.36. The molecule has 0 saturated heterocycles. The van der Waals surface area contributed by atoms with Crippen molar-refractivity contribution in [3.8, 4) is 0 Å². The molecule has 0 bridgehead atoms. The number of hydrogen-bond acceptors (Lipinski definition) is 3. The molecule has 0 aliphatic heterocycles. The number of aromatic nitrogens is 2. The standard InChI is InChI=1S/C18H31N3O2/c1-12(2)11-21-14(4)17(13(3)20-21)9-10-18(23)19-15-5-7-16(22)8-6-15/h12,15-16,22H,5-11H2,1-4H3,(H,19,23). The maximum Gasteiger partial charge on any atom is 0.220 e. The van der Waals surface area contributed by atoms with Crippen LogP contribution < -0.4 is 5.32 Å². The number of carbonyl (C=O) groups excluding carboxylic acids is 1. The van der Waals surface area contributed by atoms with Crippen molar-refractivity contribution in [3.63, 3.8) is 0 Å². The number of carbonyl (C=O) groups is 1. The maximum absolute atomic E-state index is 12.2. The second kappa shape index (κ2) is 7.95. The summed E-state index contributed by atoms with van der Waals surface area (Å²) in [5.41, 5.74) is 3.43. The fourth-order valence-electron chi connectivity index (χ4n) is 3.38. The fourth-order valence-corrected chi connectivity index (χ4v) is 3.38. The van der Waals surface area contributed by atoms with Crippen LogP contribution in [0.5, 0.6) is 0 Å². The van der Waals surface area contributed by atoms with Gasteiger partial charge in [0, 0.05) is 24.7 Å². The molecular weight excluding hydrogens is 290 g/mol. The average molecular weight is 321 g/mol. The minimum Gasteiger partial charge on any atom is -0.393 e. The quantitative estimate of drug-likeness (QED) is 0.846. The van der Waals surface area contributed by atoms with Crippen LogP contribution in [0.25, 0.3) is 0 Å². The molecule has 1 aliphatic rings. The molecule has 1 fully saturated rings. The van der Waals surface area contributed by atoms with Crippen LogP contribution in [0.4, 0.5) is 0 Å². The highest BCUT2D eigenvalue weighted by molar-refractivity contribution is 5.76. The molecule has 23 heavy (non-hydrogen) atoms. The summed E-state index contributed by atoms with van der Waals surface area (Å²) < 4.78 is 2.07. The summed E-state index contributed by atoms with van der Waals surface area (Å²) in [7, 11) is 0. The Balaban J connectivity index is 1.85. The van der Waals surface area contributed by atoms with Gasteiger partial charge < -0.3 is 10.4 Å². The van der Waals surface area contributed by atoms with Crippen LogP contribution in [0, 0.1) is 19.8 Å². The summed E-state index contributed by atoms with van der Waals surface area (Å²) in [6, 6.07) is 0.233. The lowest BCUT2D eigenvalue weighted by atomic mass is 9.93. The van der Waals surface area contributed by atoms with E-state index in [1.165, 1.54) is 11.3 Å². The van der Waals surface area contributed by atoms with E-state index in [4.69, 9.17) is 0 Å². The van der Waals surface area contributed by atoms with Gasteiger partial charge in [0.2, 0.25) is 5.91 Å². The molecule has 0 spiro atoms. The number of nitrogens with zero attached hydrogens (tertiary/aromatic N) is 2. The number of nitrogens with one attached hydrogen (secondary N) is 1. The number of aliphatic hydroxyl groups is 1. The summed E-state index contributed by atoms with van der Waals surface area (Å²) in [6.45, 7) is 9.41. The van der Waals surface area contributed by atoms with Crippen molar-refractivity contribution in [1.29, 1.82) is 0 Å². The van der Waals surface area contributed by atoms with Crippen LogP contribution in [0.1, 0.15) is 62.9 Å². The SMILES string of the molecule is Cc1nn(CC(C)C)c(C)c1CCC(=O)NC1CCC(O)CC1. The van der Waals surface area contributed by atoms with Crippen LogP contribution in [-0.2, 0) is 17.8 Å². The van der Waals surface area contributed by atoms with Crippen LogP contribution >= 0.6 is 0 Å². The lowest BCUT2D eigenvalue weighted by molar-refractivity contribution is -0.122. The first-order chi connectivity index (χ1) is 10.9. The van der Waals surface area contributed by atoms with Gasteiger partial charge in [-0.05, 0) is 57.4 Å². The van der Waals surface area contributed by atoms with Crippen molar-refractivity contribution in [1.82, 2.24) is 15.1 Å². The minimum absolute atomic E-state index is 0.113. The zero-order valence-electron chi connectivity index (χ0n) is 14.9. The average Bonchev–Trinajstić information content (AvgIpc) is 2.73. The molecule has 5 nitrogen and oxygen atoms in total. The van der Waals surface area contributed by atoms with E-state index in [2.05, 4.69) is 35.9 Å². The normalized spacial score (nSPS) is 21.7. The van der Waals surface area contributed by atoms with Gasteiger partial charge >= 0.3 is 0 Å². The van der Waals surface area contributed by atoms with Crippen molar-refractivity contribution >= 4 is 5.91 Å². The van der Waals surface area contributed by atoms with Crippen molar-refractivity contribution in [2.45, 2.75) is 84.9 Å². The first-order valence-corrected chi connectivity index (χ1v) is 8.87. The molecule has 1 aromatic heterocycles. The summed E-state index contributed by atoms with van der Waals surface area (Å²) in [6.07, 6.45) is 4.44. The zero-order valence-corrected chi connectivity index (χ0v) is 14.9. The highest BCUT2D eigenvalue weighted by Crippen LogP contribution is 2.19. The lowest BCUT2D eigenvalue weighted by Gasteiger charge is -2.26. The monoisotopic (exact) mass is 321 g/mol. The summed E-state index contributed by atoms with van der Waals surface area (Å²) in [4.78, 5) is 12.2. The molecule has 0 unspecified atom stereocenters. The fraction of sp³-hybridized carbons (Fsp3) is 0.778. The third kappa shape index (κ3) is 5.06. The second-order valence-electron chi connectivity index (χ2n) is 7.30. The largest absolute Gasteiger partial charge is 0.393 e. The first-order valence-electron chi connectivity index (χ1n) is 8.87. The van der Waals surface area contributed by atoms with E-state index in [9.17, 15) is 9.90 Å². The van der Waals surface area contributed by atoms with E-state index in [1.807, 2.05) is 6.92 Å². The minimum atomic E-state index is -0.180. The summed E-state index contributed by atoms with van der Waals surface area (Å²) >= 11 is 0. The molecule has 2 N–H and O–H groups in total. The van der Waals surface area contributed by atoms with E-state index >= 15 is 0 Å². The van der Waals surface area contributed by atoms with E-state index in [0.29, 0.717) is 12.3 Å². The molecule has 1 aliphatic carbocycles. The van der Waals surface area contributed by atoms with Crippen molar-refractivity contribution in [2.75, 3.05) is 0 Å². The van der Waals surface area contributed by atoms with Gasteiger partial charge in [0.05, 0.1) is 11.8 Å². The maximum atomic E-state index is 12.2. The second-order valence-corrected chi connectivity index (χ2v) is 7.30. The topological polar surface area (TPSA) is 67.2 Å². The van der Waals surface area contributed by atoms with E-state index in [0.717, 1.165) is 44.3 Å². The van der Waals surface area contributed by atoms with Gasteiger partial charge in [0.1, 0.15) is 0 Å². The van der Waals surface area contributed by atoms with Crippen LogP contribution in [0.15, 0.2) is 0 Å².